The minimum atomic E-state index is -0.893. The Morgan fingerprint density at radius 2 is 1.02 bits per heavy atom. The molecule has 0 spiro atoms. The van der Waals surface area contributed by atoms with Gasteiger partial charge in [0.1, 0.15) is 18.8 Å². The van der Waals surface area contributed by atoms with Gasteiger partial charge in [-0.15, -0.1) is 0 Å². The Morgan fingerprint density at radius 1 is 0.603 bits per heavy atom. The van der Waals surface area contributed by atoms with Crippen molar-refractivity contribution in [2.24, 2.45) is 16.8 Å². The number of hydrogen-bond donors (Lipinski definition) is 1. The molecule has 1 heterocycles. The van der Waals surface area contributed by atoms with Crippen LogP contribution in [0.3, 0.4) is 0 Å². The Kier molecular flexibility index (Phi) is 31.9. The van der Waals surface area contributed by atoms with Crippen molar-refractivity contribution in [3.05, 3.63) is 23.3 Å². The molecule has 8 nitrogen and oxygen atoms in total. The minimum Gasteiger partial charge on any atom is -0.550 e. The number of aliphatic imine (C=N–C) groups is 1. The first kappa shape index (κ1) is 55.5. The van der Waals surface area contributed by atoms with Gasteiger partial charge in [0.05, 0.1) is 51.7 Å². The normalized spacial score (nSPS) is 14.6. The number of rotatable bonds is 32. The highest BCUT2D eigenvalue weighted by Gasteiger charge is 2.29. The van der Waals surface area contributed by atoms with Crippen LogP contribution in [0.1, 0.15) is 208 Å². The summed E-state index contributed by atoms with van der Waals surface area (Å²) in [6.45, 7) is 23.8. The summed E-state index contributed by atoms with van der Waals surface area (Å²) in [6.07, 6.45) is 26.1. The van der Waals surface area contributed by atoms with Crippen LogP contribution >= 0.6 is 0 Å². The summed E-state index contributed by atoms with van der Waals surface area (Å²) >= 11 is 0. The first-order valence-electron chi connectivity index (χ1n) is 24.2. The summed E-state index contributed by atoms with van der Waals surface area (Å²) in [6, 6.07) is 4.30. The number of aromatic hydroxyl groups is 1. The fraction of sp³-hybridized carbons (Fsp3) is 0.820. The number of aliphatic carboxylic acids is 2. The number of carbonyl (C=O) groups is 2. The number of carboxylic acid groups (broad SMARTS) is 2. The van der Waals surface area contributed by atoms with Gasteiger partial charge in [0, 0.05) is 29.5 Å². The third-order valence-electron chi connectivity index (χ3n) is 12.6. The molecule has 58 heavy (non-hydrogen) atoms. The SMILES string of the molecule is CCCCC(CC)C(=O)[O-].CCCCC(CCCC)C(=O)[O-].CCCCCCCC[N+](C)(CC)CC1=Nc2ccc(C[N+](C)(CC)CCCCCCCC)c(O)c2C1. The van der Waals surface area contributed by atoms with Crippen molar-refractivity contribution in [3.63, 3.8) is 0 Å². The van der Waals surface area contributed by atoms with E-state index in [-0.39, 0.29) is 11.8 Å². The van der Waals surface area contributed by atoms with Crippen molar-refractivity contribution >= 4 is 23.3 Å². The highest BCUT2D eigenvalue weighted by atomic mass is 16.4. The van der Waals surface area contributed by atoms with Gasteiger partial charge in [0.2, 0.25) is 0 Å². The van der Waals surface area contributed by atoms with Gasteiger partial charge in [-0.3, -0.25) is 4.99 Å². The largest absolute Gasteiger partial charge is 0.550 e. The van der Waals surface area contributed by atoms with Crippen LogP contribution in [0.4, 0.5) is 5.69 Å². The van der Waals surface area contributed by atoms with E-state index in [1.54, 1.807) is 0 Å². The van der Waals surface area contributed by atoms with Gasteiger partial charge in [-0.1, -0.05) is 131 Å². The molecule has 3 unspecified atom stereocenters. The van der Waals surface area contributed by atoms with E-state index >= 15 is 0 Å². The summed E-state index contributed by atoms with van der Waals surface area (Å²) in [5.41, 5.74) is 4.40. The van der Waals surface area contributed by atoms with Crippen molar-refractivity contribution < 1.29 is 33.9 Å². The highest BCUT2D eigenvalue weighted by molar-refractivity contribution is 5.96. The molecule has 0 aromatic heterocycles. The lowest BCUT2D eigenvalue weighted by molar-refractivity contribution is -0.921. The highest BCUT2D eigenvalue weighted by Crippen LogP contribution is 2.38. The van der Waals surface area contributed by atoms with E-state index in [2.05, 4.69) is 74.7 Å². The topological polar surface area (TPSA) is 113 Å². The Labute approximate surface area is 358 Å². The van der Waals surface area contributed by atoms with Gasteiger partial charge in [-0.2, -0.15) is 0 Å². The molecule has 3 atom stereocenters. The van der Waals surface area contributed by atoms with Crippen LogP contribution in [0.2, 0.25) is 0 Å². The van der Waals surface area contributed by atoms with Crippen LogP contribution < -0.4 is 10.2 Å². The number of hydrogen-bond acceptors (Lipinski definition) is 6. The Bertz CT molecular complexity index is 1240. The molecule has 1 aromatic carbocycles. The average molecular weight is 816 g/mol. The summed E-state index contributed by atoms with van der Waals surface area (Å²) in [5.74, 6) is -1.67. The predicted molar refractivity (Wildman–Crippen MR) is 243 cm³/mol. The molecule has 0 aliphatic carbocycles. The van der Waals surface area contributed by atoms with Gasteiger partial charge in [-0.05, 0) is 89.2 Å². The molecule has 0 bridgehead atoms. The van der Waals surface area contributed by atoms with E-state index in [0.29, 0.717) is 12.2 Å². The molecule has 0 saturated carbocycles. The first-order valence-corrected chi connectivity index (χ1v) is 24.2. The molecule has 338 valence electrons. The smallest absolute Gasteiger partial charge is 0.130 e. The van der Waals surface area contributed by atoms with Gasteiger partial charge in [0.25, 0.3) is 0 Å². The number of carboxylic acids is 2. The van der Waals surface area contributed by atoms with E-state index in [1.165, 1.54) is 95.9 Å². The Hall–Kier alpha value is -2.45. The zero-order chi connectivity index (χ0) is 43.8. The number of phenolic OH excluding ortho intramolecular Hbond substituents is 1. The summed E-state index contributed by atoms with van der Waals surface area (Å²) < 4.78 is 2.05. The maximum Gasteiger partial charge on any atom is 0.130 e. The molecule has 1 aliphatic heterocycles. The van der Waals surface area contributed by atoms with Crippen LogP contribution in [0.25, 0.3) is 0 Å². The Balaban J connectivity index is 0.00000120. The summed E-state index contributed by atoms with van der Waals surface area (Å²) in [7, 11) is 4.74. The Morgan fingerprint density at radius 3 is 1.43 bits per heavy atom. The number of fused-ring (bicyclic) bond motifs is 1. The second kappa shape index (κ2) is 33.3. The van der Waals surface area contributed by atoms with Crippen molar-refractivity contribution in [1.29, 1.82) is 0 Å². The minimum absolute atomic E-state index is 0.204. The third-order valence-corrected chi connectivity index (χ3v) is 12.6. The second-order valence-electron chi connectivity index (χ2n) is 18.0. The lowest BCUT2D eigenvalue weighted by Crippen LogP contribution is -2.48. The van der Waals surface area contributed by atoms with Gasteiger partial charge < -0.3 is 33.9 Å². The molecule has 1 N–H and O–H groups in total. The van der Waals surface area contributed by atoms with Crippen LogP contribution in [0.15, 0.2) is 17.1 Å². The molecule has 2 rings (SSSR count). The molecule has 0 fully saturated rings. The maximum atomic E-state index is 11.3. The average Bonchev–Trinajstić information content (AvgIpc) is 3.62. The second-order valence-corrected chi connectivity index (χ2v) is 18.0. The van der Waals surface area contributed by atoms with Crippen molar-refractivity contribution in [2.75, 3.05) is 46.8 Å². The lowest BCUT2D eigenvalue weighted by Gasteiger charge is -2.34. The van der Waals surface area contributed by atoms with E-state index < -0.39 is 11.9 Å². The van der Waals surface area contributed by atoms with Gasteiger partial charge in [0.15, 0.2) is 0 Å². The van der Waals surface area contributed by atoms with Gasteiger partial charge in [-0.25, -0.2) is 0 Å². The number of phenols is 1. The quantitative estimate of drug-likeness (QED) is 0.0575. The van der Waals surface area contributed by atoms with E-state index in [4.69, 9.17) is 4.99 Å². The van der Waals surface area contributed by atoms with Gasteiger partial charge >= 0.3 is 0 Å². The van der Waals surface area contributed by atoms with Crippen LogP contribution in [-0.2, 0) is 22.6 Å². The number of nitrogens with zero attached hydrogens (tertiary/aromatic N) is 3. The summed E-state index contributed by atoms with van der Waals surface area (Å²) in [5, 5.41) is 32.2. The molecule has 0 radical (unpaired) electrons. The maximum absolute atomic E-state index is 11.3. The van der Waals surface area contributed by atoms with Crippen molar-refractivity contribution in [3.8, 4) is 5.75 Å². The monoisotopic (exact) mass is 816 g/mol. The number of carbonyl (C=O) groups excluding carboxylic acids is 2. The van der Waals surface area contributed by atoms with Crippen LogP contribution in [0, 0.1) is 11.8 Å². The van der Waals surface area contributed by atoms with E-state index in [9.17, 15) is 24.9 Å². The molecule has 0 saturated heterocycles. The number of benzene rings is 1. The molecule has 1 aromatic rings. The summed E-state index contributed by atoms with van der Waals surface area (Å²) in [4.78, 5) is 25.9. The molecule has 1 aliphatic rings. The third kappa shape index (κ3) is 24.0. The number of unbranched alkanes of at least 4 members (excludes halogenated alkanes) is 13. The van der Waals surface area contributed by atoms with E-state index in [1.807, 2.05) is 6.92 Å². The molecular formula is C50H93N3O5. The first-order chi connectivity index (χ1) is 27.7. The zero-order valence-electron chi connectivity index (χ0n) is 39.7. The standard InChI is InChI=1S/C32H58N3O.C10H20O2.C8H16O2/c1-7-11-13-15-17-19-23-34(5,9-3)26-28-21-22-31-30(32(28)36)25-29(33-31)27-35(6,10-4)24-20-18-16-14-12-8-2;1-3-5-7-9(10(11)12)8-6-4-2;1-3-5-6-7(4-2)8(9)10/h21-22H,7-20,23-27H2,1-6H3;9H,3-8H2,1-2H3,(H,11,12);7H,3-6H2,1-2H3,(H,9,10)/q+1;;/p-1. The van der Waals surface area contributed by atoms with Crippen LogP contribution in [0.5, 0.6) is 5.75 Å². The fourth-order valence-corrected chi connectivity index (χ4v) is 7.90. The van der Waals surface area contributed by atoms with Crippen LogP contribution in [-0.4, -0.2) is 78.5 Å². The molecule has 8 heteroatoms. The van der Waals surface area contributed by atoms with Crippen molar-refractivity contribution in [1.82, 2.24) is 0 Å². The predicted octanol–water partition coefficient (Wildman–Crippen LogP) is 10.9. The fourth-order valence-electron chi connectivity index (χ4n) is 7.90. The molecular weight excluding hydrogens is 723 g/mol. The lowest BCUT2D eigenvalue weighted by atomic mass is 9.96. The number of quaternary nitrogens is 2. The van der Waals surface area contributed by atoms with Crippen molar-refractivity contribution in [2.45, 2.75) is 210 Å². The molecule has 0 amide bonds. The van der Waals surface area contributed by atoms with E-state index in [0.717, 1.165) is 116 Å². The zero-order valence-corrected chi connectivity index (χ0v) is 39.7.